The fourth-order valence-corrected chi connectivity index (χ4v) is 3.77. The number of fused-ring (bicyclic) bond motifs is 1. The Balaban J connectivity index is 1.46. The highest BCUT2D eigenvalue weighted by atomic mass is 19.4. The molecule has 1 N–H and O–H groups in total. The molecule has 0 saturated carbocycles. The first-order chi connectivity index (χ1) is 17.1. The minimum Gasteiger partial charge on any atom is -0.456 e. The number of aromatic nitrogens is 3. The molecule has 0 unspecified atom stereocenters. The number of ether oxygens (including phenoxy) is 1. The van der Waals surface area contributed by atoms with Gasteiger partial charge in [0.05, 0.1) is 34.1 Å². The number of amides is 3. The highest BCUT2D eigenvalue weighted by Gasteiger charge is 2.40. The Bertz CT molecular complexity index is 1490. The summed E-state index contributed by atoms with van der Waals surface area (Å²) in [5.74, 6) is -0.762. The molecule has 1 aromatic carbocycles. The molecule has 0 bridgehead atoms. The summed E-state index contributed by atoms with van der Waals surface area (Å²) in [6, 6.07) is 6.18. The van der Waals surface area contributed by atoms with E-state index in [4.69, 9.17) is 4.74 Å². The van der Waals surface area contributed by atoms with Crippen molar-refractivity contribution in [1.82, 2.24) is 15.0 Å². The highest BCUT2D eigenvalue weighted by Crippen LogP contribution is 2.39. The standard InChI is InChI=1S/C23H14F5N5O3/c24-20(25)16-8-13(1-2-17(16)36-18-4-6-31-21-15(18)3-5-30-21)33-19(34)11-32(22(33)35)14-7-12(9-29-10-14)23(26,27)28/h1-10,20H,11H2,(H,30,31). The van der Waals surface area contributed by atoms with Gasteiger partial charge in [0, 0.05) is 18.6 Å². The zero-order valence-electron chi connectivity index (χ0n) is 18.0. The Hall–Kier alpha value is -4.55. The molecule has 0 aliphatic carbocycles. The van der Waals surface area contributed by atoms with Gasteiger partial charge in [-0.1, -0.05) is 0 Å². The van der Waals surface area contributed by atoms with Gasteiger partial charge in [0.15, 0.2) is 0 Å². The number of pyridine rings is 2. The van der Waals surface area contributed by atoms with Gasteiger partial charge in [-0.2, -0.15) is 13.2 Å². The third kappa shape index (κ3) is 4.08. The van der Waals surface area contributed by atoms with Crippen molar-refractivity contribution in [3.63, 3.8) is 0 Å². The predicted octanol–water partition coefficient (Wildman–Crippen LogP) is 5.68. The molecule has 0 spiro atoms. The van der Waals surface area contributed by atoms with Gasteiger partial charge in [-0.3, -0.25) is 14.7 Å². The number of hydrogen-bond acceptors (Lipinski definition) is 5. The maximum absolute atomic E-state index is 13.9. The molecule has 8 nitrogen and oxygen atoms in total. The van der Waals surface area contributed by atoms with Crippen LogP contribution in [-0.2, 0) is 11.0 Å². The van der Waals surface area contributed by atoms with Gasteiger partial charge in [-0.15, -0.1) is 0 Å². The van der Waals surface area contributed by atoms with Crippen LogP contribution in [0.2, 0.25) is 0 Å². The second-order valence-corrected chi connectivity index (χ2v) is 7.70. The molecule has 3 aromatic heterocycles. The summed E-state index contributed by atoms with van der Waals surface area (Å²) in [5.41, 5.74) is -1.65. The molecule has 0 radical (unpaired) electrons. The molecule has 4 heterocycles. The monoisotopic (exact) mass is 503 g/mol. The molecule has 1 saturated heterocycles. The summed E-state index contributed by atoms with van der Waals surface area (Å²) in [7, 11) is 0. The van der Waals surface area contributed by atoms with Crippen molar-refractivity contribution in [2.45, 2.75) is 12.6 Å². The van der Waals surface area contributed by atoms with Crippen LogP contribution < -0.4 is 14.5 Å². The van der Waals surface area contributed by atoms with Crippen LogP contribution in [0.15, 0.2) is 61.2 Å². The zero-order chi connectivity index (χ0) is 25.6. The molecule has 36 heavy (non-hydrogen) atoms. The lowest BCUT2D eigenvalue weighted by atomic mass is 10.1. The molecule has 3 amide bonds. The Morgan fingerprint density at radius 3 is 2.56 bits per heavy atom. The molecule has 5 rings (SSSR count). The van der Waals surface area contributed by atoms with Crippen LogP contribution in [0.1, 0.15) is 17.6 Å². The maximum atomic E-state index is 13.9. The lowest BCUT2D eigenvalue weighted by molar-refractivity contribution is -0.137. The lowest BCUT2D eigenvalue weighted by Gasteiger charge is -2.19. The fourth-order valence-electron chi connectivity index (χ4n) is 3.77. The number of urea groups is 1. The van der Waals surface area contributed by atoms with E-state index in [-0.39, 0.29) is 22.9 Å². The number of alkyl halides is 5. The van der Waals surface area contributed by atoms with E-state index in [0.29, 0.717) is 28.2 Å². The van der Waals surface area contributed by atoms with E-state index in [9.17, 15) is 31.5 Å². The third-order valence-electron chi connectivity index (χ3n) is 5.45. The Labute approximate surface area is 198 Å². The SMILES string of the molecule is O=C1CN(c2cncc(C(F)(F)F)c2)C(=O)N1c1ccc(Oc2ccnc3[nH]ccc23)c(C(F)F)c1. The van der Waals surface area contributed by atoms with Crippen molar-refractivity contribution in [2.24, 2.45) is 0 Å². The zero-order valence-corrected chi connectivity index (χ0v) is 18.0. The molecule has 184 valence electrons. The van der Waals surface area contributed by atoms with E-state index >= 15 is 0 Å². The molecule has 13 heteroatoms. The van der Waals surface area contributed by atoms with Gasteiger partial charge in [-0.25, -0.2) is 23.5 Å². The normalized spacial score (nSPS) is 14.4. The smallest absolute Gasteiger partial charge is 0.417 e. The van der Waals surface area contributed by atoms with Gasteiger partial charge >= 0.3 is 12.2 Å². The number of halogens is 5. The van der Waals surface area contributed by atoms with E-state index < -0.39 is 42.2 Å². The molecule has 1 fully saturated rings. The van der Waals surface area contributed by atoms with E-state index in [1.807, 2.05) is 0 Å². The Morgan fingerprint density at radius 2 is 1.81 bits per heavy atom. The summed E-state index contributed by atoms with van der Waals surface area (Å²) in [6.07, 6.45) is -3.11. The van der Waals surface area contributed by atoms with E-state index in [1.54, 1.807) is 12.3 Å². The number of H-pyrrole nitrogens is 1. The number of carbonyl (C=O) groups is 2. The number of imide groups is 1. The van der Waals surface area contributed by atoms with Gasteiger partial charge in [-0.05, 0) is 36.4 Å². The summed E-state index contributed by atoms with van der Waals surface area (Å²) in [5, 5.41) is 0.553. The minimum atomic E-state index is -4.71. The molecular weight excluding hydrogens is 489 g/mol. The van der Waals surface area contributed by atoms with Crippen LogP contribution in [0.5, 0.6) is 11.5 Å². The van der Waals surface area contributed by atoms with Crippen molar-refractivity contribution in [2.75, 3.05) is 16.3 Å². The molecule has 0 atom stereocenters. The lowest BCUT2D eigenvalue weighted by Crippen LogP contribution is -2.33. The van der Waals surface area contributed by atoms with Gasteiger partial charge in [0.1, 0.15) is 23.7 Å². The second-order valence-electron chi connectivity index (χ2n) is 7.70. The number of rotatable bonds is 5. The van der Waals surface area contributed by atoms with Gasteiger partial charge in [0.2, 0.25) is 0 Å². The summed E-state index contributed by atoms with van der Waals surface area (Å²) in [4.78, 5) is 37.4. The average Bonchev–Trinajstić information content (AvgIpc) is 3.43. The summed E-state index contributed by atoms with van der Waals surface area (Å²) < 4.78 is 72.7. The van der Waals surface area contributed by atoms with Crippen molar-refractivity contribution >= 4 is 34.3 Å². The first-order valence-corrected chi connectivity index (χ1v) is 10.3. The van der Waals surface area contributed by atoms with Crippen LogP contribution in [0.3, 0.4) is 0 Å². The largest absolute Gasteiger partial charge is 0.456 e. The van der Waals surface area contributed by atoms with E-state index in [1.165, 1.54) is 24.4 Å². The summed E-state index contributed by atoms with van der Waals surface area (Å²) >= 11 is 0. The van der Waals surface area contributed by atoms with Gasteiger partial charge in [0.25, 0.3) is 12.3 Å². The van der Waals surface area contributed by atoms with Crippen LogP contribution >= 0.6 is 0 Å². The topological polar surface area (TPSA) is 91.4 Å². The molecule has 4 aromatic rings. The Morgan fingerprint density at radius 1 is 1.00 bits per heavy atom. The van der Waals surface area contributed by atoms with Gasteiger partial charge < -0.3 is 9.72 Å². The van der Waals surface area contributed by atoms with E-state index in [0.717, 1.165) is 17.2 Å². The quantitative estimate of drug-likeness (QED) is 0.280. The van der Waals surface area contributed by atoms with Crippen LogP contribution in [-0.4, -0.2) is 33.4 Å². The first-order valence-electron chi connectivity index (χ1n) is 10.3. The van der Waals surface area contributed by atoms with Crippen LogP contribution in [0.25, 0.3) is 11.0 Å². The molecule has 1 aliphatic rings. The fraction of sp³-hybridized carbons (Fsp3) is 0.130. The number of hydrogen-bond donors (Lipinski definition) is 1. The Kier molecular flexibility index (Phi) is 5.54. The number of anilines is 2. The first kappa shape index (κ1) is 23.2. The molecule has 1 aliphatic heterocycles. The number of benzene rings is 1. The molecular formula is C23H14F5N5O3. The minimum absolute atomic E-state index is 0.184. The number of nitrogens with zero attached hydrogens (tertiary/aromatic N) is 4. The second kappa shape index (κ2) is 8.59. The average molecular weight is 503 g/mol. The number of aromatic amines is 1. The van der Waals surface area contributed by atoms with E-state index in [2.05, 4.69) is 15.0 Å². The van der Waals surface area contributed by atoms with Crippen molar-refractivity contribution in [3.05, 3.63) is 72.3 Å². The number of nitrogens with one attached hydrogen (secondary N) is 1. The van der Waals surface area contributed by atoms with Crippen LogP contribution in [0.4, 0.5) is 38.1 Å². The van der Waals surface area contributed by atoms with Crippen molar-refractivity contribution in [1.29, 1.82) is 0 Å². The van der Waals surface area contributed by atoms with Crippen molar-refractivity contribution in [3.8, 4) is 11.5 Å². The third-order valence-corrected chi connectivity index (χ3v) is 5.45. The summed E-state index contributed by atoms with van der Waals surface area (Å²) in [6.45, 7) is -0.591. The van der Waals surface area contributed by atoms with Crippen LogP contribution in [0, 0.1) is 0 Å². The number of carbonyl (C=O) groups excluding carboxylic acids is 2. The maximum Gasteiger partial charge on any atom is 0.417 e. The highest BCUT2D eigenvalue weighted by molar-refractivity contribution is 6.27. The van der Waals surface area contributed by atoms with Crippen molar-refractivity contribution < 1.29 is 36.3 Å². The predicted molar refractivity (Wildman–Crippen MR) is 117 cm³/mol.